The normalized spacial score (nSPS) is 12.9. The first kappa shape index (κ1) is 15.3. The lowest BCUT2D eigenvalue weighted by Crippen LogP contribution is -2.38. The number of aryl methyl sites for hydroxylation is 2. The standard InChI is InChI=1S/C13H24N4O2/c1-8(7-14-12(18)19-13(4,5)6)15-11-9(2)16-17-10(11)3/h8,15H,7H2,1-6H3,(H,14,18)(H,16,17). The number of anilines is 1. The SMILES string of the molecule is Cc1n[nH]c(C)c1NC(C)CNC(=O)OC(C)(C)C. The summed E-state index contributed by atoms with van der Waals surface area (Å²) in [5.41, 5.74) is 2.42. The molecule has 0 saturated heterocycles. The Hall–Kier alpha value is -1.72. The Bertz CT molecular complexity index is 415. The lowest BCUT2D eigenvalue weighted by Gasteiger charge is -2.21. The highest BCUT2D eigenvalue weighted by molar-refractivity contribution is 5.67. The van der Waals surface area contributed by atoms with Crippen LogP contribution in [0.3, 0.4) is 0 Å². The van der Waals surface area contributed by atoms with Gasteiger partial charge in [-0.15, -0.1) is 0 Å². The predicted molar refractivity (Wildman–Crippen MR) is 75.4 cm³/mol. The quantitative estimate of drug-likeness (QED) is 0.783. The first-order valence-corrected chi connectivity index (χ1v) is 6.44. The molecule has 1 heterocycles. The smallest absolute Gasteiger partial charge is 0.407 e. The van der Waals surface area contributed by atoms with Gasteiger partial charge in [-0.05, 0) is 41.5 Å². The van der Waals surface area contributed by atoms with Crippen LogP contribution in [0.4, 0.5) is 10.5 Å². The van der Waals surface area contributed by atoms with Crippen molar-refractivity contribution in [1.29, 1.82) is 0 Å². The fourth-order valence-corrected chi connectivity index (χ4v) is 1.61. The minimum absolute atomic E-state index is 0.0857. The molecule has 0 radical (unpaired) electrons. The third-order valence-corrected chi connectivity index (χ3v) is 2.47. The van der Waals surface area contributed by atoms with Crippen LogP contribution in [-0.4, -0.2) is 34.5 Å². The molecule has 0 aromatic carbocycles. The van der Waals surface area contributed by atoms with Crippen molar-refractivity contribution >= 4 is 11.8 Å². The van der Waals surface area contributed by atoms with Crippen LogP contribution in [-0.2, 0) is 4.74 Å². The molecule has 1 amide bonds. The fourth-order valence-electron chi connectivity index (χ4n) is 1.61. The van der Waals surface area contributed by atoms with E-state index in [2.05, 4.69) is 20.8 Å². The Morgan fingerprint density at radius 3 is 2.53 bits per heavy atom. The number of ether oxygens (including phenoxy) is 1. The van der Waals surface area contributed by atoms with Crippen LogP contribution in [0, 0.1) is 13.8 Å². The van der Waals surface area contributed by atoms with Gasteiger partial charge in [-0.2, -0.15) is 5.10 Å². The van der Waals surface area contributed by atoms with E-state index in [0.717, 1.165) is 17.1 Å². The third kappa shape index (κ3) is 5.19. The number of rotatable bonds is 4. The summed E-state index contributed by atoms with van der Waals surface area (Å²) >= 11 is 0. The monoisotopic (exact) mass is 268 g/mol. The highest BCUT2D eigenvalue weighted by atomic mass is 16.6. The minimum Gasteiger partial charge on any atom is -0.444 e. The minimum atomic E-state index is -0.474. The average molecular weight is 268 g/mol. The summed E-state index contributed by atoms with van der Waals surface area (Å²) in [6.45, 7) is 11.9. The van der Waals surface area contributed by atoms with Gasteiger partial charge in [0.2, 0.25) is 0 Å². The first-order chi connectivity index (χ1) is 8.69. The summed E-state index contributed by atoms with van der Waals surface area (Å²) in [5, 5.41) is 13.1. The number of carbonyl (C=O) groups excluding carboxylic acids is 1. The molecule has 6 nitrogen and oxygen atoms in total. The molecule has 0 aliphatic carbocycles. The molecular formula is C13H24N4O2. The van der Waals surface area contributed by atoms with Gasteiger partial charge in [0, 0.05) is 12.6 Å². The van der Waals surface area contributed by atoms with Crippen molar-refractivity contribution in [2.45, 2.75) is 53.2 Å². The van der Waals surface area contributed by atoms with E-state index in [1.165, 1.54) is 0 Å². The molecule has 0 aliphatic rings. The lowest BCUT2D eigenvalue weighted by molar-refractivity contribution is 0.0526. The summed E-state index contributed by atoms with van der Waals surface area (Å²) in [6.07, 6.45) is -0.401. The molecule has 1 aromatic rings. The maximum atomic E-state index is 11.5. The second-order valence-corrected chi connectivity index (χ2v) is 5.74. The van der Waals surface area contributed by atoms with Crippen LogP contribution in [0.5, 0.6) is 0 Å². The number of nitrogens with one attached hydrogen (secondary N) is 3. The van der Waals surface area contributed by atoms with E-state index in [0.29, 0.717) is 6.54 Å². The van der Waals surface area contributed by atoms with E-state index in [1.807, 2.05) is 41.5 Å². The molecule has 1 aromatic heterocycles. The zero-order chi connectivity index (χ0) is 14.6. The van der Waals surface area contributed by atoms with Crippen LogP contribution in [0.2, 0.25) is 0 Å². The molecule has 108 valence electrons. The van der Waals surface area contributed by atoms with Crippen molar-refractivity contribution in [2.24, 2.45) is 0 Å². The van der Waals surface area contributed by atoms with E-state index in [1.54, 1.807) is 0 Å². The zero-order valence-electron chi connectivity index (χ0n) is 12.5. The molecule has 0 saturated carbocycles. The van der Waals surface area contributed by atoms with Gasteiger partial charge >= 0.3 is 6.09 Å². The maximum Gasteiger partial charge on any atom is 0.407 e. The third-order valence-electron chi connectivity index (χ3n) is 2.47. The average Bonchev–Trinajstić information content (AvgIpc) is 2.56. The van der Waals surface area contributed by atoms with Gasteiger partial charge in [0.1, 0.15) is 5.60 Å². The second-order valence-electron chi connectivity index (χ2n) is 5.74. The van der Waals surface area contributed by atoms with Gasteiger partial charge in [0.05, 0.1) is 17.1 Å². The van der Waals surface area contributed by atoms with E-state index in [4.69, 9.17) is 4.74 Å². The second kappa shape index (κ2) is 5.95. The van der Waals surface area contributed by atoms with Gasteiger partial charge in [0.15, 0.2) is 0 Å². The number of hydrogen-bond acceptors (Lipinski definition) is 4. The summed E-state index contributed by atoms with van der Waals surface area (Å²) in [5.74, 6) is 0. The molecular weight excluding hydrogens is 244 g/mol. The van der Waals surface area contributed by atoms with Crippen molar-refractivity contribution in [3.8, 4) is 0 Å². The summed E-state index contributed by atoms with van der Waals surface area (Å²) in [6, 6.07) is 0.0857. The van der Waals surface area contributed by atoms with Crippen LogP contribution < -0.4 is 10.6 Å². The molecule has 1 atom stereocenters. The summed E-state index contributed by atoms with van der Waals surface area (Å²) in [7, 11) is 0. The summed E-state index contributed by atoms with van der Waals surface area (Å²) < 4.78 is 5.17. The van der Waals surface area contributed by atoms with Crippen molar-refractivity contribution in [1.82, 2.24) is 15.5 Å². The van der Waals surface area contributed by atoms with Crippen LogP contribution >= 0.6 is 0 Å². The Labute approximate surface area is 114 Å². The van der Waals surface area contributed by atoms with Gasteiger partial charge in [-0.3, -0.25) is 5.10 Å². The number of amides is 1. The topological polar surface area (TPSA) is 79.0 Å². The number of alkyl carbamates (subject to hydrolysis) is 1. The van der Waals surface area contributed by atoms with Crippen molar-refractivity contribution in [3.63, 3.8) is 0 Å². The number of H-pyrrole nitrogens is 1. The molecule has 0 spiro atoms. The van der Waals surface area contributed by atoms with E-state index in [9.17, 15) is 4.79 Å². The number of aromatic amines is 1. The first-order valence-electron chi connectivity index (χ1n) is 6.44. The lowest BCUT2D eigenvalue weighted by atomic mass is 10.2. The fraction of sp³-hybridized carbons (Fsp3) is 0.692. The van der Waals surface area contributed by atoms with E-state index < -0.39 is 11.7 Å². The van der Waals surface area contributed by atoms with Crippen molar-refractivity contribution in [2.75, 3.05) is 11.9 Å². The molecule has 19 heavy (non-hydrogen) atoms. The largest absolute Gasteiger partial charge is 0.444 e. The van der Waals surface area contributed by atoms with Crippen molar-refractivity contribution in [3.05, 3.63) is 11.4 Å². The number of hydrogen-bond donors (Lipinski definition) is 3. The Morgan fingerprint density at radius 2 is 2.05 bits per heavy atom. The Kier molecular flexibility index (Phi) is 4.80. The molecule has 0 aliphatic heterocycles. The van der Waals surface area contributed by atoms with Crippen LogP contribution in [0.1, 0.15) is 39.1 Å². The van der Waals surface area contributed by atoms with Gasteiger partial charge in [0.25, 0.3) is 0 Å². The number of carbonyl (C=O) groups is 1. The van der Waals surface area contributed by atoms with Crippen LogP contribution in [0.25, 0.3) is 0 Å². The molecule has 1 rings (SSSR count). The Morgan fingerprint density at radius 1 is 1.42 bits per heavy atom. The molecule has 1 unspecified atom stereocenters. The molecule has 3 N–H and O–H groups in total. The summed E-state index contributed by atoms with van der Waals surface area (Å²) in [4.78, 5) is 11.5. The highest BCUT2D eigenvalue weighted by Gasteiger charge is 2.17. The zero-order valence-corrected chi connectivity index (χ0v) is 12.5. The maximum absolute atomic E-state index is 11.5. The van der Waals surface area contributed by atoms with Crippen LogP contribution in [0.15, 0.2) is 0 Å². The molecule has 6 heteroatoms. The predicted octanol–water partition coefficient (Wildman–Crippen LogP) is 2.35. The number of nitrogens with zero attached hydrogens (tertiary/aromatic N) is 1. The van der Waals surface area contributed by atoms with Gasteiger partial charge in [-0.1, -0.05) is 0 Å². The van der Waals surface area contributed by atoms with Gasteiger partial charge < -0.3 is 15.4 Å². The van der Waals surface area contributed by atoms with E-state index >= 15 is 0 Å². The highest BCUT2D eigenvalue weighted by Crippen LogP contribution is 2.16. The Balaban J connectivity index is 2.40. The van der Waals surface area contributed by atoms with E-state index in [-0.39, 0.29) is 6.04 Å². The molecule has 0 fully saturated rings. The number of aromatic nitrogens is 2. The van der Waals surface area contributed by atoms with Crippen molar-refractivity contribution < 1.29 is 9.53 Å². The van der Waals surface area contributed by atoms with Gasteiger partial charge in [-0.25, -0.2) is 4.79 Å². The molecule has 0 bridgehead atoms.